The minimum atomic E-state index is -0.268. The summed E-state index contributed by atoms with van der Waals surface area (Å²) < 4.78 is 7.06. The van der Waals surface area contributed by atoms with E-state index in [0.717, 1.165) is 22.3 Å². The molecule has 4 aromatic rings. The molecule has 0 saturated heterocycles. The maximum atomic E-state index is 12.2. The van der Waals surface area contributed by atoms with E-state index in [4.69, 9.17) is 4.42 Å². The van der Waals surface area contributed by atoms with Gasteiger partial charge in [0.1, 0.15) is 0 Å². The number of hydrogen-bond acceptors (Lipinski definition) is 7. The molecule has 0 saturated carbocycles. The molecule has 0 bridgehead atoms. The van der Waals surface area contributed by atoms with Crippen LogP contribution < -0.4 is 0 Å². The van der Waals surface area contributed by atoms with Gasteiger partial charge in [-0.15, -0.1) is 10.2 Å². The third kappa shape index (κ3) is 2.89. The van der Waals surface area contributed by atoms with Crippen LogP contribution in [0.5, 0.6) is 0 Å². The zero-order valence-corrected chi connectivity index (χ0v) is 13.7. The summed E-state index contributed by atoms with van der Waals surface area (Å²) in [5.41, 5.74) is 3.09. The number of fused-ring (bicyclic) bond motifs is 1. The molecule has 0 aliphatic rings. The van der Waals surface area contributed by atoms with Crippen LogP contribution in [0.25, 0.3) is 22.3 Å². The largest absolute Gasteiger partial charge is 0.419 e. The van der Waals surface area contributed by atoms with Gasteiger partial charge in [0, 0.05) is 25.6 Å². The fourth-order valence-corrected chi connectivity index (χ4v) is 2.55. The fraction of sp³-hybridized carbons (Fsp3) is 0.176. The molecular weight excluding hydrogens is 320 g/mol. The molecule has 0 spiro atoms. The van der Waals surface area contributed by atoms with Crippen LogP contribution in [0.4, 0.5) is 0 Å². The summed E-state index contributed by atoms with van der Waals surface area (Å²) in [5, 5.41) is 8.31. The number of imidazole rings is 1. The monoisotopic (exact) mass is 334 g/mol. The molecule has 0 aliphatic heterocycles. The molecule has 4 rings (SSSR count). The number of nitrogens with zero attached hydrogens (tertiary/aromatic N) is 6. The number of rotatable bonds is 4. The summed E-state index contributed by atoms with van der Waals surface area (Å²) in [7, 11) is 1.91. The van der Waals surface area contributed by atoms with E-state index in [1.165, 1.54) is 0 Å². The molecule has 0 aliphatic carbocycles. The van der Waals surface area contributed by atoms with Crippen molar-refractivity contribution in [2.75, 3.05) is 0 Å². The van der Waals surface area contributed by atoms with Gasteiger partial charge in [-0.3, -0.25) is 9.78 Å². The second-order valence-electron chi connectivity index (χ2n) is 5.68. The van der Waals surface area contributed by atoms with Crippen molar-refractivity contribution in [3.05, 3.63) is 54.4 Å². The third-order valence-corrected chi connectivity index (χ3v) is 3.82. The zero-order valence-electron chi connectivity index (χ0n) is 13.7. The Labute approximate surface area is 142 Å². The summed E-state index contributed by atoms with van der Waals surface area (Å²) >= 11 is 0. The summed E-state index contributed by atoms with van der Waals surface area (Å²) in [6.07, 6.45) is 5.27. The van der Waals surface area contributed by atoms with Crippen molar-refractivity contribution in [3.8, 4) is 11.4 Å². The zero-order chi connectivity index (χ0) is 17.4. The maximum Gasteiger partial charge on any atom is 0.284 e. The number of aryl methyl sites for hydroxylation is 2. The summed E-state index contributed by atoms with van der Waals surface area (Å²) in [5.74, 6) is 0.0866. The number of carbonyl (C=O) groups is 1. The second kappa shape index (κ2) is 5.90. The van der Waals surface area contributed by atoms with Crippen molar-refractivity contribution in [3.63, 3.8) is 0 Å². The molecule has 8 nitrogen and oxygen atoms in total. The molecular formula is C17H14N6O2. The topological polar surface area (TPSA) is 99.6 Å². The molecule has 4 aromatic heterocycles. The van der Waals surface area contributed by atoms with Crippen LogP contribution in [0.2, 0.25) is 0 Å². The SMILES string of the molecule is Cc1nnc(C(=O)Cc2cc3nc(-c4cncn4C)ccc3cn2)o1. The van der Waals surface area contributed by atoms with Crippen LogP contribution in [0.15, 0.2) is 41.3 Å². The van der Waals surface area contributed by atoms with Gasteiger partial charge in [0.05, 0.1) is 41.5 Å². The Kier molecular flexibility index (Phi) is 3.57. The van der Waals surface area contributed by atoms with E-state index in [0.29, 0.717) is 11.6 Å². The van der Waals surface area contributed by atoms with Crippen LogP contribution >= 0.6 is 0 Å². The lowest BCUT2D eigenvalue weighted by Gasteiger charge is -2.05. The van der Waals surface area contributed by atoms with Gasteiger partial charge in [-0.2, -0.15) is 0 Å². The Hall–Kier alpha value is -3.42. The van der Waals surface area contributed by atoms with E-state index in [2.05, 4.69) is 25.1 Å². The summed E-state index contributed by atoms with van der Waals surface area (Å²) in [6, 6.07) is 5.67. The fourth-order valence-electron chi connectivity index (χ4n) is 2.55. The molecule has 0 amide bonds. The highest BCUT2D eigenvalue weighted by Gasteiger charge is 2.15. The molecule has 0 fully saturated rings. The van der Waals surface area contributed by atoms with E-state index >= 15 is 0 Å². The molecule has 0 N–H and O–H groups in total. The molecule has 124 valence electrons. The van der Waals surface area contributed by atoms with Crippen LogP contribution in [0, 0.1) is 6.92 Å². The molecule has 0 unspecified atom stereocenters. The van der Waals surface area contributed by atoms with Gasteiger partial charge in [-0.05, 0) is 18.2 Å². The Morgan fingerprint density at radius 1 is 1.24 bits per heavy atom. The average Bonchev–Trinajstić information content (AvgIpc) is 3.22. The predicted octanol–water partition coefficient (Wildman–Crippen LogP) is 2.15. The minimum Gasteiger partial charge on any atom is -0.419 e. The van der Waals surface area contributed by atoms with Crippen molar-refractivity contribution >= 4 is 16.7 Å². The van der Waals surface area contributed by atoms with Crippen molar-refractivity contribution in [1.29, 1.82) is 0 Å². The predicted molar refractivity (Wildman–Crippen MR) is 88.8 cm³/mol. The van der Waals surface area contributed by atoms with Gasteiger partial charge < -0.3 is 8.98 Å². The van der Waals surface area contributed by atoms with E-state index in [1.54, 1.807) is 31.7 Å². The van der Waals surface area contributed by atoms with Gasteiger partial charge in [0.25, 0.3) is 5.89 Å². The van der Waals surface area contributed by atoms with Gasteiger partial charge in [0.2, 0.25) is 11.7 Å². The lowest BCUT2D eigenvalue weighted by Crippen LogP contribution is -2.06. The van der Waals surface area contributed by atoms with E-state index in [-0.39, 0.29) is 18.1 Å². The minimum absolute atomic E-state index is 0.00371. The maximum absolute atomic E-state index is 12.2. The number of carbonyl (C=O) groups excluding carboxylic acids is 1. The van der Waals surface area contributed by atoms with Crippen LogP contribution in [0.1, 0.15) is 22.3 Å². The van der Waals surface area contributed by atoms with Crippen molar-refractivity contribution in [2.45, 2.75) is 13.3 Å². The summed E-state index contributed by atoms with van der Waals surface area (Å²) in [6.45, 7) is 1.64. The van der Waals surface area contributed by atoms with Gasteiger partial charge >= 0.3 is 0 Å². The van der Waals surface area contributed by atoms with Crippen molar-refractivity contribution in [2.24, 2.45) is 7.05 Å². The van der Waals surface area contributed by atoms with E-state index < -0.39 is 0 Å². The Balaban J connectivity index is 1.67. The lowest BCUT2D eigenvalue weighted by atomic mass is 10.1. The van der Waals surface area contributed by atoms with E-state index in [1.807, 2.05) is 23.7 Å². The quantitative estimate of drug-likeness (QED) is 0.527. The standard InChI is InChI=1S/C17H14N6O2/c1-10-21-22-17(25-10)16(24)6-12-5-14-11(7-19-12)3-4-13(20-14)15-8-18-9-23(15)2/h3-5,7-9H,6H2,1-2H3. The number of ketones is 1. The van der Waals surface area contributed by atoms with E-state index in [9.17, 15) is 4.79 Å². The lowest BCUT2D eigenvalue weighted by molar-refractivity contribution is 0.0957. The Bertz CT molecular complexity index is 1080. The third-order valence-electron chi connectivity index (χ3n) is 3.82. The van der Waals surface area contributed by atoms with Crippen LogP contribution in [0.3, 0.4) is 0 Å². The molecule has 4 heterocycles. The van der Waals surface area contributed by atoms with Crippen LogP contribution in [-0.2, 0) is 13.5 Å². The van der Waals surface area contributed by atoms with Gasteiger partial charge in [-0.25, -0.2) is 9.97 Å². The first-order valence-corrected chi connectivity index (χ1v) is 7.66. The number of hydrogen-bond donors (Lipinski definition) is 0. The molecule has 0 aromatic carbocycles. The highest BCUT2D eigenvalue weighted by molar-refractivity contribution is 5.93. The summed E-state index contributed by atoms with van der Waals surface area (Å²) in [4.78, 5) is 25.3. The Morgan fingerprint density at radius 2 is 2.12 bits per heavy atom. The van der Waals surface area contributed by atoms with Crippen molar-refractivity contribution in [1.82, 2.24) is 29.7 Å². The Morgan fingerprint density at radius 3 is 2.84 bits per heavy atom. The normalized spacial score (nSPS) is 11.1. The van der Waals surface area contributed by atoms with Crippen LogP contribution in [-0.4, -0.2) is 35.5 Å². The first kappa shape index (κ1) is 15.1. The molecule has 25 heavy (non-hydrogen) atoms. The number of aromatic nitrogens is 6. The number of Topliss-reactive ketones (excluding diaryl/α,β-unsaturated/α-hetero) is 1. The van der Waals surface area contributed by atoms with Gasteiger partial charge in [0.15, 0.2) is 0 Å². The molecule has 0 radical (unpaired) electrons. The highest BCUT2D eigenvalue weighted by Crippen LogP contribution is 2.20. The highest BCUT2D eigenvalue weighted by atomic mass is 16.4. The first-order valence-electron chi connectivity index (χ1n) is 7.66. The molecule has 8 heteroatoms. The first-order chi connectivity index (χ1) is 12.1. The second-order valence-corrected chi connectivity index (χ2v) is 5.68. The average molecular weight is 334 g/mol. The number of pyridine rings is 2. The van der Waals surface area contributed by atoms with Crippen molar-refractivity contribution < 1.29 is 9.21 Å². The molecule has 0 atom stereocenters. The smallest absolute Gasteiger partial charge is 0.284 e. The van der Waals surface area contributed by atoms with Gasteiger partial charge in [-0.1, -0.05) is 0 Å².